The van der Waals surface area contributed by atoms with E-state index in [0.717, 1.165) is 48.7 Å². The lowest BCUT2D eigenvalue weighted by Crippen LogP contribution is -2.12. The quantitative estimate of drug-likeness (QED) is 0.676. The molecule has 0 saturated heterocycles. The predicted octanol–water partition coefficient (Wildman–Crippen LogP) is 2.24. The van der Waals surface area contributed by atoms with Gasteiger partial charge < -0.3 is 16.4 Å². The normalized spacial score (nSPS) is 10.4. The Morgan fingerprint density at radius 2 is 1.90 bits per heavy atom. The third-order valence-corrected chi connectivity index (χ3v) is 3.13. The zero-order valence-corrected chi connectivity index (χ0v) is 12.6. The van der Waals surface area contributed by atoms with E-state index in [1.807, 2.05) is 25.3 Å². The lowest BCUT2D eigenvalue weighted by Gasteiger charge is -2.10. The Labute approximate surface area is 125 Å². The topological polar surface area (TPSA) is 88.8 Å². The molecule has 112 valence electrons. The van der Waals surface area contributed by atoms with Crippen molar-refractivity contribution in [2.75, 3.05) is 29.5 Å². The summed E-state index contributed by atoms with van der Waals surface area (Å²) in [5.74, 6) is 2.04. The van der Waals surface area contributed by atoms with E-state index in [9.17, 15) is 0 Å². The predicted molar refractivity (Wildman–Crippen MR) is 86.4 cm³/mol. The van der Waals surface area contributed by atoms with Gasteiger partial charge in [0.2, 0.25) is 5.95 Å². The molecular formula is C15H22N6. The van der Waals surface area contributed by atoms with Crippen LogP contribution in [-0.2, 0) is 6.42 Å². The highest BCUT2D eigenvalue weighted by molar-refractivity contribution is 5.46. The molecule has 0 aliphatic rings. The van der Waals surface area contributed by atoms with Crippen LogP contribution in [0.1, 0.15) is 24.5 Å². The highest BCUT2D eigenvalue weighted by Gasteiger charge is 2.03. The zero-order valence-electron chi connectivity index (χ0n) is 12.6. The van der Waals surface area contributed by atoms with Crippen molar-refractivity contribution < 1.29 is 0 Å². The van der Waals surface area contributed by atoms with Crippen molar-refractivity contribution in [3.63, 3.8) is 0 Å². The minimum Gasteiger partial charge on any atom is -0.370 e. The molecule has 0 bridgehead atoms. The smallest absolute Gasteiger partial charge is 0.221 e. The number of nitrogens with two attached hydrogens (primary N) is 1. The fourth-order valence-electron chi connectivity index (χ4n) is 1.92. The molecule has 2 heterocycles. The van der Waals surface area contributed by atoms with Crippen molar-refractivity contribution in [1.29, 1.82) is 0 Å². The van der Waals surface area contributed by atoms with Gasteiger partial charge in [0.1, 0.15) is 11.6 Å². The van der Waals surface area contributed by atoms with Crippen molar-refractivity contribution in [1.82, 2.24) is 15.0 Å². The number of hydrogen-bond acceptors (Lipinski definition) is 6. The molecule has 2 aromatic heterocycles. The Hall–Kier alpha value is -2.37. The van der Waals surface area contributed by atoms with Gasteiger partial charge in [-0.2, -0.15) is 4.98 Å². The van der Waals surface area contributed by atoms with Crippen LogP contribution in [-0.4, -0.2) is 28.0 Å². The monoisotopic (exact) mass is 286 g/mol. The van der Waals surface area contributed by atoms with Crippen molar-refractivity contribution in [2.45, 2.75) is 26.7 Å². The van der Waals surface area contributed by atoms with E-state index in [1.165, 1.54) is 0 Å². The largest absolute Gasteiger partial charge is 0.370 e. The molecule has 0 aromatic carbocycles. The molecule has 0 amide bonds. The van der Waals surface area contributed by atoms with E-state index in [0.29, 0.717) is 5.95 Å². The van der Waals surface area contributed by atoms with E-state index in [-0.39, 0.29) is 0 Å². The Morgan fingerprint density at radius 1 is 1.10 bits per heavy atom. The highest BCUT2D eigenvalue weighted by Crippen LogP contribution is 2.13. The van der Waals surface area contributed by atoms with Crippen molar-refractivity contribution in [2.24, 2.45) is 0 Å². The lowest BCUT2D eigenvalue weighted by molar-refractivity contribution is 0.891. The first-order chi connectivity index (χ1) is 10.2. The van der Waals surface area contributed by atoms with Crippen LogP contribution in [0.25, 0.3) is 0 Å². The molecule has 0 atom stereocenters. The number of rotatable bonds is 7. The van der Waals surface area contributed by atoms with E-state index in [4.69, 9.17) is 5.73 Å². The Morgan fingerprint density at radius 3 is 2.62 bits per heavy atom. The van der Waals surface area contributed by atoms with Gasteiger partial charge in [0.05, 0.1) is 0 Å². The first-order valence-electron chi connectivity index (χ1n) is 7.21. The van der Waals surface area contributed by atoms with E-state index < -0.39 is 0 Å². The summed E-state index contributed by atoms with van der Waals surface area (Å²) in [5, 5.41) is 6.60. The van der Waals surface area contributed by atoms with Crippen LogP contribution in [0.3, 0.4) is 0 Å². The van der Waals surface area contributed by atoms with Crippen molar-refractivity contribution >= 4 is 17.6 Å². The summed E-state index contributed by atoms with van der Waals surface area (Å²) in [5.41, 5.74) is 7.86. The van der Waals surface area contributed by atoms with Gasteiger partial charge in [-0.25, -0.2) is 9.97 Å². The minimum absolute atomic E-state index is 0.302. The van der Waals surface area contributed by atoms with Crippen molar-refractivity contribution in [3.8, 4) is 0 Å². The molecule has 2 aromatic rings. The summed E-state index contributed by atoms with van der Waals surface area (Å²) in [6.07, 6.45) is 5.48. The number of anilines is 3. The maximum Gasteiger partial charge on any atom is 0.221 e. The molecule has 21 heavy (non-hydrogen) atoms. The second-order valence-electron chi connectivity index (χ2n) is 4.88. The second kappa shape index (κ2) is 7.42. The van der Waals surface area contributed by atoms with Gasteiger partial charge >= 0.3 is 0 Å². The minimum atomic E-state index is 0.302. The van der Waals surface area contributed by atoms with Crippen LogP contribution in [0, 0.1) is 6.92 Å². The van der Waals surface area contributed by atoms with Crippen LogP contribution in [0.5, 0.6) is 0 Å². The summed E-state index contributed by atoms with van der Waals surface area (Å²) in [6, 6.07) is 4.04. The molecule has 0 saturated carbocycles. The summed E-state index contributed by atoms with van der Waals surface area (Å²) < 4.78 is 0. The Bertz CT molecular complexity index is 567. The number of nitrogens with one attached hydrogen (secondary N) is 2. The first-order valence-corrected chi connectivity index (χ1v) is 7.21. The summed E-state index contributed by atoms with van der Waals surface area (Å²) in [4.78, 5) is 12.5. The molecule has 0 aliphatic carbocycles. The number of nitrogen functional groups attached to an aromatic ring is 1. The summed E-state index contributed by atoms with van der Waals surface area (Å²) >= 11 is 0. The fourth-order valence-corrected chi connectivity index (χ4v) is 1.92. The molecule has 0 aliphatic heterocycles. The molecule has 0 radical (unpaired) electrons. The third kappa shape index (κ3) is 4.59. The number of aryl methyl sites for hydroxylation is 2. The standard InChI is InChI=1S/C15H22N6/c1-3-12-10-20-15(16)21-14(12)18-8-4-7-17-13-6-5-11(2)9-19-13/h5-6,9-10H,3-4,7-8H2,1-2H3,(H,17,19)(H3,16,18,20,21). The number of nitrogens with zero attached hydrogens (tertiary/aromatic N) is 3. The molecule has 6 heteroatoms. The van der Waals surface area contributed by atoms with Gasteiger partial charge in [-0.3, -0.25) is 0 Å². The lowest BCUT2D eigenvalue weighted by atomic mass is 10.2. The average molecular weight is 286 g/mol. The maximum absolute atomic E-state index is 5.62. The summed E-state index contributed by atoms with van der Waals surface area (Å²) in [7, 11) is 0. The van der Waals surface area contributed by atoms with Gasteiger partial charge in [-0.1, -0.05) is 13.0 Å². The van der Waals surface area contributed by atoms with E-state index in [2.05, 4.69) is 32.5 Å². The number of pyridine rings is 1. The number of hydrogen-bond donors (Lipinski definition) is 3. The molecule has 0 spiro atoms. The average Bonchev–Trinajstić information content (AvgIpc) is 2.49. The summed E-state index contributed by atoms with van der Waals surface area (Å²) in [6.45, 7) is 5.78. The number of aromatic nitrogens is 3. The zero-order chi connectivity index (χ0) is 15.1. The Kier molecular flexibility index (Phi) is 5.31. The van der Waals surface area contributed by atoms with Crippen LogP contribution in [0.4, 0.5) is 17.6 Å². The Balaban J connectivity index is 1.74. The van der Waals surface area contributed by atoms with Gasteiger partial charge in [-0.05, 0) is 31.4 Å². The van der Waals surface area contributed by atoms with Gasteiger partial charge in [0.25, 0.3) is 0 Å². The first kappa shape index (κ1) is 15.0. The van der Waals surface area contributed by atoms with Crippen LogP contribution in [0.2, 0.25) is 0 Å². The van der Waals surface area contributed by atoms with Gasteiger partial charge in [-0.15, -0.1) is 0 Å². The fraction of sp³-hybridized carbons (Fsp3) is 0.400. The maximum atomic E-state index is 5.62. The SMILES string of the molecule is CCc1cnc(N)nc1NCCCNc1ccc(C)cn1. The van der Waals surface area contributed by atoms with Gasteiger partial charge in [0, 0.05) is 31.0 Å². The molecule has 6 nitrogen and oxygen atoms in total. The molecule has 0 fully saturated rings. The van der Waals surface area contributed by atoms with Crippen LogP contribution >= 0.6 is 0 Å². The van der Waals surface area contributed by atoms with E-state index in [1.54, 1.807) is 6.20 Å². The highest BCUT2D eigenvalue weighted by atomic mass is 15.1. The van der Waals surface area contributed by atoms with Crippen molar-refractivity contribution in [3.05, 3.63) is 35.7 Å². The molecule has 4 N–H and O–H groups in total. The second-order valence-corrected chi connectivity index (χ2v) is 4.88. The third-order valence-electron chi connectivity index (χ3n) is 3.13. The van der Waals surface area contributed by atoms with E-state index >= 15 is 0 Å². The molecular weight excluding hydrogens is 264 g/mol. The molecule has 0 unspecified atom stereocenters. The van der Waals surface area contributed by atoms with Gasteiger partial charge in [0.15, 0.2) is 0 Å². The van der Waals surface area contributed by atoms with Crippen LogP contribution in [0.15, 0.2) is 24.5 Å². The van der Waals surface area contributed by atoms with Crippen LogP contribution < -0.4 is 16.4 Å². The molecule has 2 rings (SSSR count).